The van der Waals surface area contributed by atoms with Gasteiger partial charge >= 0.3 is 0 Å². The van der Waals surface area contributed by atoms with Crippen molar-refractivity contribution in [2.45, 2.75) is 51.2 Å². The average Bonchev–Trinajstić information content (AvgIpc) is 2.77. The Kier molecular flexibility index (Phi) is 6.34. The molecule has 3 aliphatic carbocycles. The van der Waals surface area contributed by atoms with E-state index in [1.165, 1.54) is 13.2 Å². The van der Waals surface area contributed by atoms with E-state index in [1.54, 1.807) is 39.8 Å². The van der Waals surface area contributed by atoms with Crippen molar-refractivity contribution in [3.63, 3.8) is 0 Å². The number of nitrogens with two attached hydrogens (primary N) is 1. The number of amides is 2. The van der Waals surface area contributed by atoms with Crippen LogP contribution in [0.3, 0.4) is 0 Å². The van der Waals surface area contributed by atoms with Crippen molar-refractivity contribution in [3.05, 3.63) is 39.7 Å². The highest BCUT2D eigenvalue weighted by Gasteiger charge is 2.61. The number of aliphatic hydroxyl groups excluding tert-OH is 2. The number of fused-ring (bicyclic) bond motifs is 3. The van der Waals surface area contributed by atoms with Crippen molar-refractivity contribution >= 4 is 34.8 Å². The first-order chi connectivity index (χ1) is 17.6. The van der Waals surface area contributed by atoms with Crippen LogP contribution in [0.2, 0.25) is 0 Å². The number of carbonyl (C=O) groups is 4. The summed E-state index contributed by atoms with van der Waals surface area (Å²) in [5.41, 5.74) is 2.74. The van der Waals surface area contributed by atoms with Crippen molar-refractivity contribution in [2.24, 2.45) is 17.6 Å². The van der Waals surface area contributed by atoms with E-state index >= 15 is 0 Å². The molecule has 38 heavy (non-hydrogen) atoms. The zero-order chi connectivity index (χ0) is 28.5. The largest absolute Gasteiger partial charge is 0.508 e. The highest BCUT2D eigenvalue weighted by Crippen LogP contribution is 2.54. The minimum absolute atomic E-state index is 0.0648. The minimum Gasteiger partial charge on any atom is -0.508 e. The lowest BCUT2D eigenvalue weighted by molar-refractivity contribution is -0.153. The Hall–Kier alpha value is -3.86. The first-order valence-electron chi connectivity index (χ1n) is 12.3. The van der Waals surface area contributed by atoms with E-state index in [1.807, 2.05) is 0 Å². The predicted molar refractivity (Wildman–Crippen MR) is 138 cm³/mol. The lowest BCUT2D eigenvalue weighted by Gasteiger charge is -2.48. The van der Waals surface area contributed by atoms with E-state index < -0.39 is 69.2 Å². The molecule has 3 aliphatic rings. The summed E-state index contributed by atoms with van der Waals surface area (Å²) in [6.07, 6.45) is 0.123. The van der Waals surface area contributed by atoms with Crippen molar-refractivity contribution in [3.8, 4) is 5.75 Å². The fourth-order valence-corrected chi connectivity index (χ4v) is 5.99. The lowest BCUT2D eigenvalue weighted by Crippen LogP contribution is -2.59. The predicted octanol–water partition coefficient (Wildman–Crippen LogP) is 1.67. The molecule has 6 N–H and O–H groups in total. The van der Waals surface area contributed by atoms with Gasteiger partial charge in [-0.1, -0.05) is 0 Å². The number of aromatic hydroxyl groups is 1. The molecule has 4 rings (SSSR count). The van der Waals surface area contributed by atoms with Gasteiger partial charge < -0.3 is 36.0 Å². The Balaban J connectivity index is 1.98. The summed E-state index contributed by atoms with van der Waals surface area (Å²) in [6.45, 7) is 5.36. The number of benzene rings is 1. The normalized spacial score (nSPS) is 25.0. The first-order valence-corrected chi connectivity index (χ1v) is 12.3. The van der Waals surface area contributed by atoms with Crippen molar-refractivity contribution in [1.29, 1.82) is 0 Å². The molecule has 1 aromatic rings. The van der Waals surface area contributed by atoms with E-state index in [4.69, 9.17) is 10.5 Å². The monoisotopic (exact) mass is 527 g/mol. The second kappa shape index (κ2) is 8.87. The summed E-state index contributed by atoms with van der Waals surface area (Å²) in [5, 5.41) is 36.5. The second-order valence-corrected chi connectivity index (χ2v) is 11.3. The SMILES string of the molecule is CO[C@]12C(=O)C3=C(O)c4c(O)c(C(=O)NC(C)(C)C)cc(N(C)C)c4C[C@H]3C[C@H]1CC(=O)C(C(N)=O)=C2O. The van der Waals surface area contributed by atoms with Gasteiger partial charge in [0.05, 0.1) is 11.1 Å². The van der Waals surface area contributed by atoms with Gasteiger partial charge in [0.2, 0.25) is 5.78 Å². The van der Waals surface area contributed by atoms with Gasteiger partial charge in [-0.15, -0.1) is 0 Å². The van der Waals surface area contributed by atoms with E-state index in [0.717, 1.165) is 0 Å². The number of nitrogens with one attached hydrogen (secondary N) is 1. The maximum atomic E-state index is 14.0. The number of nitrogens with zero attached hydrogens (tertiary/aromatic N) is 1. The van der Waals surface area contributed by atoms with Crippen LogP contribution < -0.4 is 16.0 Å². The van der Waals surface area contributed by atoms with E-state index in [9.17, 15) is 34.5 Å². The molecule has 0 saturated heterocycles. The minimum atomic E-state index is -2.10. The Morgan fingerprint density at radius 2 is 1.79 bits per heavy atom. The number of primary amides is 1. The molecule has 1 fully saturated rings. The van der Waals surface area contributed by atoms with Crippen LogP contribution in [-0.4, -0.2) is 71.0 Å². The number of Topliss-reactive ketones (excluding diaryl/α,β-unsaturated/α-hetero) is 2. The fourth-order valence-electron chi connectivity index (χ4n) is 5.99. The molecule has 0 bridgehead atoms. The average molecular weight is 528 g/mol. The number of ketones is 2. The van der Waals surface area contributed by atoms with E-state index in [2.05, 4.69) is 5.32 Å². The molecule has 2 amide bonds. The van der Waals surface area contributed by atoms with Gasteiger partial charge in [-0.25, -0.2) is 0 Å². The summed E-state index contributed by atoms with van der Waals surface area (Å²) in [5.74, 6) is -6.58. The van der Waals surface area contributed by atoms with Crippen LogP contribution in [0.1, 0.15) is 55.1 Å². The molecule has 11 nitrogen and oxygen atoms in total. The van der Waals surface area contributed by atoms with Gasteiger partial charge in [-0.3, -0.25) is 19.2 Å². The molecule has 1 aromatic carbocycles. The van der Waals surface area contributed by atoms with Crippen molar-refractivity contribution in [2.75, 3.05) is 26.1 Å². The van der Waals surface area contributed by atoms with Crippen LogP contribution >= 0.6 is 0 Å². The van der Waals surface area contributed by atoms with Gasteiger partial charge in [0.15, 0.2) is 11.4 Å². The molecule has 1 saturated carbocycles. The van der Waals surface area contributed by atoms with Crippen LogP contribution in [0, 0.1) is 11.8 Å². The van der Waals surface area contributed by atoms with E-state index in [-0.39, 0.29) is 36.0 Å². The summed E-state index contributed by atoms with van der Waals surface area (Å²) < 4.78 is 5.53. The number of anilines is 1. The zero-order valence-corrected chi connectivity index (χ0v) is 22.3. The zero-order valence-electron chi connectivity index (χ0n) is 22.3. The number of rotatable bonds is 4. The van der Waals surface area contributed by atoms with Crippen LogP contribution in [-0.2, 0) is 25.5 Å². The van der Waals surface area contributed by atoms with E-state index in [0.29, 0.717) is 11.3 Å². The van der Waals surface area contributed by atoms with Crippen molar-refractivity contribution < 1.29 is 39.2 Å². The number of aliphatic hydroxyl groups is 2. The van der Waals surface area contributed by atoms with Crippen LogP contribution in [0.5, 0.6) is 5.75 Å². The molecule has 0 spiro atoms. The van der Waals surface area contributed by atoms with Gasteiger partial charge in [0.1, 0.15) is 22.8 Å². The molecule has 3 atom stereocenters. The number of carbonyl (C=O) groups excluding carboxylic acids is 4. The second-order valence-electron chi connectivity index (χ2n) is 11.3. The highest BCUT2D eigenvalue weighted by atomic mass is 16.5. The van der Waals surface area contributed by atoms with Gasteiger partial charge in [-0.2, -0.15) is 0 Å². The van der Waals surface area contributed by atoms with Crippen LogP contribution in [0.15, 0.2) is 23.0 Å². The Morgan fingerprint density at radius 3 is 2.32 bits per heavy atom. The topological polar surface area (TPSA) is 179 Å². The first kappa shape index (κ1) is 27.2. The summed E-state index contributed by atoms with van der Waals surface area (Å²) >= 11 is 0. The fraction of sp³-hybridized carbons (Fsp3) is 0.481. The summed E-state index contributed by atoms with van der Waals surface area (Å²) in [6, 6.07) is 1.54. The number of hydrogen-bond donors (Lipinski definition) is 5. The number of hydrogen-bond acceptors (Lipinski definition) is 9. The third-order valence-electron chi connectivity index (χ3n) is 7.54. The molecule has 11 heteroatoms. The maximum Gasteiger partial charge on any atom is 0.255 e. The smallest absolute Gasteiger partial charge is 0.255 e. The van der Waals surface area contributed by atoms with Gasteiger partial charge in [0.25, 0.3) is 11.8 Å². The number of phenolic OH excluding ortho intramolecular Hbond substituents is 1. The third kappa shape index (κ3) is 3.84. The number of phenols is 1. The summed E-state index contributed by atoms with van der Waals surface area (Å²) in [7, 11) is 4.68. The molecule has 0 unspecified atom stereocenters. The third-order valence-corrected chi connectivity index (χ3v) is 7.54. The Bertz CT molecular complexity index is 1350. The highest BCUT2D eigenvalue weighted by molar-refractivity contribution is 6.23. The molecule has 0 radical (unpaired) electrons. The maximum absolute atomic E-state index is 14.0. The molecular formula is C27H33N3O8. The standard InChI is InChI=1S/C27H33N3O8/c1-26(2,3)29-25(37)14-10-15(30(4)5)13-8-11-7-12-9-16(31)19(24(28)36)23(35)27(12,38-6)22(34)17(11)21(33)18(13)20(14)32/h10-12,32-33,35H,7-9H2,1-6H3,(H2,28,36)(H,29,37)/t11-,12+,27+/m1/s1. The quantitative estimate of drug-likeness (QED) is 0.364. The molecule has 0 aromatic heterocycles. The molecule has 0 aliphatic heterocycles. The molecular weight excluding hydrogens is 494 g/mol. The van der Waals surface area contributed by atoms with Gasteiger partial charge in [0, 0.05) is 50.3 Å². The Labute approximate surface area is 219 Å². The molecule has 204 valence electrons. The number of ether oxygens (including phenoxy) is 1. The molecule has 0 heterocycles. The van der Waals surface area contributed by atoms with Crippen LogP contribution in [0.25, 0.3) is 5.76 Å². The Morgan fingerprint density at radius 1 is 1.16 bits per heavy atom. The summed E-state index contributed by atoms with van der Waals surface area (Å²) in [4.78, 5) is 53.4. The van der Waals surface area contributed by atoms with Gasteiger partial charge in [-0.05, 0) is 51.2 Å². The number of methoxy groups -OCH3 is 1. The lowest BCUT2D eigenvalue weighted by atomic mass is 9.59. The van der Waals surface area contributed by atoms with Crippen LogP contribution in [0.4, 0.5) is 5.69 Å². The van der Waals surface area contributed by atoms with Crippen molar-refractivity contribution in [1.82, 2.24) is 5.32 Å².